The fourth-order valence-corrected chi connectivity index (χ4v) is 5.93. The summed E-state index contributed by atoms with van der Waals surface area (Å²) in [6.45, 7) is 7.12. The second-order valence-electron chi connectivity index (χ2n) is 10.6. The summed E-state index contributed by atoms with van der Waals surface area (Å²) in [5.74, 6) is 0.406. The Morgan fingerprint density at radius 3 is 2.26 bits per heavy atom. The molecule has 0 aliphatic rings. The van der Waals surface area contributed by atoms with E-state index < -0.39 is 10.1 Å². The first-order valence-corrected chi connectivity index (χ1v) is 15.7. The highest BCUT2D eigenvalue weighted by molar-refractivity contribution is 7.86. The smallest absolute Gasteiger partial charge is 0.296 e. The highest BCUT2D eigenvalue weighted by atomic mass is 32.2. The van der Waals surface area contributed by atoms with Crippen LogP contribution in [0, 0.1) is 19.7 Å². The third-order valence-electron chi connectivity index (χ3n) is 7.44. The molecule has 0 aliphatic heterocycles. The number of halogens is 1. The Kier molecular flexibility index (Phi) is 9.09. The Morgan fingerprint density at radius 2 is 1.55 bits per heavy atom. The Labute approximate surface area is 247 Å². The monoisotopic (exact) mass is 585 g/mol. The molecule has 0 atom stereocenters. The van der Waals surface area contributed by atoms with Crippen LogP contribution < -0.4 is 4.74 Å². The largest absolute Gasteiger partial charge is 0.494 e. The van der Waals surface area contributed by atoms with Crippen molar-refractivity contribution in [2.75, 3.05) is 13.2 Å². The van der Waals surface area contributed by atoms with Crippen LogP contribution in [0.1, 0.15) is 42.0 Å². The van der Waals surface area contributed by atoms with Crippen LogP contribution in [0.4, 0.5) is 4.39 Å². The van der Waals surface area contributed by atoms with Gasteiger partial charge in [0.15, 0.2) is 5.82 Å². The lowest BCUT2D eigenvalue weighted by molar-refractivity contribution is 0.309. The molecule has 0 bridgehead atoms. The highest BCUT2D eigenvalue weighted by Crippen LogP contribution is 2.36. The summed E-state index contributed by atoms with van der Waals surface area (Å²) in [6, 6.07) is 28.0. The number of unbranched alkanes of at least 4 members (excludes halogenated alkanes) is 1. The maximum Gasteiger partial charge on any atom is 0.296 e. The third kappa shape index (κ3) is 6.58. The molecule has 0 saturated carbocycles. The zero-order chi connectivity index (χ0) is 29.7. The SMILES string of the molecule is CCCCOc1ccc2c(c1)c(F)c(-c1ccccc1C)n2Cc1ccc(CCOS(=O)(=O)c2ccc(C)cc2)cc1. The first kappa shape index (κ1) is 29.5. The van der Waals surface area contributed by atoms with Crippen molar-refractivity contribution in [2.45, 2.75) is 51.5 Å². The van der Waals surface area contributed by atoms with Crippen LogP contribution >= 0.6 is 0 Å². The second kappa shape index (κ2) is 12.9. The molecule has 0 aliphatic carbocycles. The number of aryl methyl sites for hydroxylation is 2. The molecule has 218 valence electrons. The maximum atomic E-state index is 16.1. The number of benzene rings is 4. The second-order valence-corrected chi connectivity index (χ2v) is 12.2. The molecule has 4 aromatic carbocycles. The third-order valence-corrected chi connectivity index (χ3v) is 8.77. The Bertz CT molecular complexity index is 1780. The Hall–Kier alpha value is -3.94. The van der Waals surface area contributed by atoms with Crippen LogP contribution in [0.5, 0.6) is 5.75 Å². The quantitative estimate of drug-likeness (QED) is 0.109. The van der Waals surface area contributed by atoms with Gasteiger partial charge in [-0.25, -0.2) is 4.39 Å². The van der Waals surface area contributed by atoms with Crippen molar-refractivity contribution in [1.82, 2.24) is 4.57 Å². The van der Waals surface area contributed by atoms with E-state index in [9.17, 15) is 8.42 Å². The van der Waals surface area contributed by atoms with Gasteiger partial charge in [-0.1, -0.05) is 79.6 Å². The van der Waals surface area contributed by atoms with Gasteiger partial charge in [0.05, 0.1) is 29.3 Å². The van der Waals surface area contributed by atoms with E-state index in [4.69, 9.17) is 8.92 Å². The molecule has 0 unspecified atom stereocenters. The Balaban J connectivity index is 1.37. The molecule has 7 heteroatoms. The summed E-state index contributed by atoms with van der Waals surface area (Å²) in [5, 5.41) is 0.533. The van der Waals surface area contributed by atoms with Gasteiger partial charge in [-0.2, -0.15) is 8.42 Å². The average molecular weight is 586 g/mol. The number of hydrogen-bond donors (Lipinski definition) is 0. The molecule has 0 N–H and O–H groups in total. The number of aromatic nitrogens is 1. The molecule has 0 saturated heterocycles. The van der Waals surface area contributed by atoms with E-state index in [2.05, 4.69) is 6.92 Å². The van der Waals surface area contributed by atoms with Gasteiger partial charge in [0.2, 0.25) is 0 Å². The van der Waals surface area contributed by atoms with Crippen LogP contribution in [0.25, 0.3) is 22.2 Å². The van der Waals surface area contributed by atoms with Crippen molar-refractivity contribution in [3.63, 3.8) is 0 Å². The zero-order valence-corrected chi connectivity index (χ0v) is 25.1. The lowest BCUT2D eigenvalue weighted by Crippen LogP contribution is -2.09. The fourth-order valence-electron chi connectivity index (χ4n) is 5.02. The van der Waals surface area contributed by atoms with Crippen molar-refractivity contribution in [3.05, 3.63) is 119 Å². The van der Waals surface area contributed by atoms with Crippen molar-refractivity contribution >= 4 is 21.0 Å². The molecule has 5 rings (SSSR count). The number of rotatable bonds is 12. The van der Waals surface area contributed by atoms with Crippen molar-refractivity contribution in [2.24, 2.45) is 0 Å². The summed E-state index contributed by atoms with van der Waals surface area (Å²) in [5.41, 5.74) is 6.13. The van der Waals surface area contributed by atoms with Gasteiger partial charge >= 0.3 is 0 Å². The van der Waals surface area contributed by atoms with Crippen molar-refractivity contribution in [3.8, 4) is 17.0 Å². The van der Waals surface area contributed by atoms with Crippen LogP contribution in [0.15, 0.2) is 95.9 Å². The maximum absolute atomic E-state index is 16.1. The summed E-state index contributed by atoms with van der Waals surface area (Å²) in [4.78, 5) is 0.152. The van der Waals surface area contributed by atoms with Gasteiger partial charge in [0.1, 0.15) is 5.75 Å². The molecular weight excluding hydrogens is 549 g/mol. The van der Waals surface area contributed by atoms with Crippen molar-refractivity contribution < 1.29 is 21.7 Å². The fraction of sp³-hybridized carbons (Fsp3) is 0.257. The van der Waals surface area contributed by atoms with E-state index in [1.165, 1.54) is 0 Å². The molecule has 5 nitrogen and oxygen atoms in total. The molecule has 1 aromatic heterocycles. The predicted octanol–water partition coefficient (Wildman–Crippen LogP) is 8.24. The molecular formula is C35H36FNO4S. The number of nitrogens with zero attached hydrogens (tertiary/aromatic N) is 1. The van der Waals surface area contributed by atoms with Crippen molar-refractivity contribution in [1.29, 1.82) is 0 Å². The van der Waals surface area contributed by atoms with Crippen LogP contribution in [-0.2, 0) is 27.3 Å². The van der Waals surface area contributed by atoms with Gasteiger partial charge in [0, 0.05) is 17.5 Å². The summed E-state index contributed by atoms with van der Waals surface area (Å²) in [7, 11) is -3.81. The van der Waals surface area contributed by atoms with Crippen LogP contribution in [-0.4, -0.2) is 26.2 Å². The normalized spacial score (nSPS) is 11.7. The van der Waals surface area contributed by atoms with E-state index in [1.807, 2.05) is 79.1 Å². The number of fused-ring (bicyclic) bond motifs is 1. The lowest BCUT2D eigenvalue weighted by atomic mass is 10.0. The van der Waals surface area contributed by atoms with Gasteiger partial charge < -0.3 is 9.30 Å². The van der Waals surface area contributed by atoms with Gasteiger partial charge in [0.25, 0.3) is 10.1 Å². The van der Waals surface area contributed by atoms with E-state index >= 15 is 4.39 Å². The van der Waals surface area contributed by atoms with E-state index in [-0.39, 0.29) is 17.3 Å². The number of hydrogen-bond acceptors (Lipinski definition) is 4. The van der Waals surface area contributed by atoms with Gasteiger partial charge in [-0.3, -0.25) is 4.18 Å². The zero-order valence-electron chi connectivity index (χ0n) is 24.3. The molecule has 1 heterocycles. The summed E-state index contributed by atoms with van der Waals surface area (Å²) in [6.07, 6.45) is 2.42. The standard InChI is InChI=1S/C35H36FNO4S/c1-4-5-21-40-29-16-19-33-32(23-29)34(36)35(31-9-7-6-8-26(31)3)37(33)24-28-14-12-27(13-15-28)20-22-41-42(38,39)30-17-10-25(2)11-18-30/h6-19,23H,4-5,20-22,24H2,1-3H3. The molecule has 0 fully saturated rings. The minimum Gasteiger partial charge on any atom is -0.494 e. The minimum absolute atomic E-state index is 0.0447. The first-order chi connectivity index (χ1) is 20.3. The first-order valence-electron chi connectivity index (χ1n) is 14.3. The van der Waals surface area contributed by atoms with Gasteiger partial charge in [-0.15, -0.1) is 0 Å². The molecule has 0 spiro atoms. The average Bonchev–Trinajstić information content (AvgIpc) is 3.24. The van der Waals surface area contributed by atoms with Gasteiger partial charge in [-0.05, 0) is 73.7 Å². The summed E-state index contributed by atoms with van der Waals surface area (Å²) < 4.78 is 54.3. The predicted molar refractivity (Wildman–Crippen MR) is 166 cm³/mol. The van der Waals surface area contributed by atoms with E-state index in [0.717, 1.165) is 46.2 Å². The molecule has 0 radical (unpaired) electrons. The Morgan fingerprint density at radius 1 is 0.833 bits per heavy atom. The topological polar surface area (TPSA) is 57.5 Å². The van der Waals surface area contributed by atoms with Crippen LogP contribution in [0.3, 0.4) is 0 Å². The van der Waals surface area contributed by atoms with Crippen LogP contribution in [0.2, 0.25) is 0 Å². The number of ether oxygens (including phenoxy) is 1. The highest BCUT2D eigenvalue weighted by Gasteiger charge is 2.21. The molecule has 42 heavy (non-hydrogen) atoms. The summed E-state index contributed by atoms with van der Waals surface area (Å²) >= 11 is 0. The van der Waals surface area contributed by atoms with E-state index in [1.54, 1.807) is 30.3 Å². The minimum atomic E-state index is -3.81. The lowest BCUT2D eigenvalue weighted by Gasteiger charge is -2.14. The van der Waals surface area contributed by atoms with E-state index in [0.29, 0.717) is 36.4 Å². The molecule has 5 aromatic rings. The molecule has 0 amide bonds.